The van der Waals surface area contributed by atoms with Crippen LogP contribution in [0, 0.1) is 13.8 Å². The molecule has 2 aromatic rings. The van der Waals surface area contributed by atoms with Crippen molar-refractivity contribution < 1.29 is 14.3 Å². The maximum absolute atomic E-state index is 12.9. The summed E-state index contributed by atoms with van der Waals surface area (Å²) < 4.78 is 5.48. The summed E-state index contributed by atoms with van der Waals surface area (Å²) in [5.74, 6) is -0.640. The Bertz CT molecular complexity index is 828. The Morgan fingerprint density at radius 2 is 1.84 bits per heavy atom. The number of carbonyl (C=O) groups excluding carboxylic acids is 2. The molecule has 3 rings (SSSR count). The minimum Gasteiger partial charge on any atom is -0.449 e. The van der Waals surface area contributed by atoms with Crippen molar-refractivity contribution in [2.24, 2.45) is 0 Å². The second-order valence-corrected chi connectivity index (χ2v) is 6.69. The van der Waals surface area contributed by atoms with Gasteiger partial charge in [-0.25, -0.2) is 4.79 Å². The molecule has 1 aliphatic rings. The van der Waals surface area contributed by atoms with Crippen molar-refractivity contribution in [3.05, 3.63) is 64.7 Å². The van der Waals surface area contributed by atoms with Gasteiger partial charge < -0.3 is 9.64 Å². The summed E-state index contributed by atoms with van der Waals surface area (Å²) in [7, 11) is 0. The first-order valence-corrected chi connectivity index (χ1v) is 8.58. The molecule has 0 radical (unpaired) electrons. The minimum atomic E-state index is -0.832. The SMILES string of the molecule is Cc1cccc(C(=O)O[C@H](C)C(=O)N2c3ccccc3C[C@@H]2C)c1C. The third kappa shape index (κ3) is 3.16. The lowest BCUT2D eigenvalue weighted by atomic mass is 10.0. The van der Waals surface area contributed by atoms with Crippen LogP contribution in [0.3, 0.4) is 0 Å². The van der Waals surface area contributed by atoms with Gasteiger partial charge in [0, 0.05) is 11.7 Å². The van der Waals surface area contributed by atoms with Gasteiger partial charge >= 0.3 is 5.97 Å². The van der Waals surface area contributed by atoms with Gasteiger partial charge in [-0.2, -0.15) is 0 Å². The molecule has 2 aromatic carbocycles. The number of para-hydroxylation sites is 1. The van der Waals surface area contributed by atoms with E-state index < -0.39 is 12.1 Å². The zero-order chi connectivity index (χ0) is 18.1. The zero-order valence-corrected chi connectivity index (χ0v) is 15.1. The van der Waals surface area contributed by atoms with E-state index in [1.54, 1.807) is 17.9 Å². The van der Waals surface area contributed by atoms with E-state index in [4.69, 9.17) is 4.74 Å². The number of hydrogen-bond donors (Lipinski definition) is 0. The Morgan fingerprint density at radius 1 is 1.12 bits per heavy atom. The fraction of sp³-hybridized carbons (Fsp3) is 0.333. The predicted octanol–water partition coefficient (Wildman–Crippen LogP) is 3.83. The molecule has 0 N–H and O–H groups in total. The summed E-state index contributed by atoms with van der Waals surface area (Å²) in [6, 6.07) is 13.4. The molecule has 130 valence electrons. The minimum absolute atomic E-state index is 0.0618. The fourth-order valence-corrected chi connectivity index (χ4v) is 3.34. The second kappa shape index (κ2) is 6.71. The number of benzene rings is 2. The normalized spacial score (nSPS) is 17.1. The number of fused-ring (bicyclic) bond motifs is 1. The number of nitrogens with zero attached hydrogens (tertiary/aromatic N) is 1. The molecule has 0 fully saturated rings. The van der Waals surface area contributed by atoms with Crippen LogP contribution in [0.15, 0.2) is 42.5 Å². The van der Waals surface area contributed by atoms with Crippen LogP contribution >= 0.6 is 0 Å². The molecule has 0 aliphatic carbocycles. The largest absolute Gasteiger partial charge is 0.449 e. The Labute approximate surface area is 148 Å². The van der Waals surface area contributed by atoms with Gasteiger partial charge in [0.1, 0.15) is 0 Å². The molecule has 0 unspecified atom stereocenters. The van der Waals surface area contributed by atoms with E-state index in [-0.39, 0.29) is 11.9 Å². The highest BCUT2D eigenvalue weighted by atomic mass is 16.5. The maximum atomic E-state index is 12.9. The molecule has 1 amide bonds. The summed E-state index contributed by atoms with van der Waals surface area (Å²) in [4.78, 5) is 27.1. The van der Waals surface area contributed by atoms with Gasteiger partial charge in [-0.05, 0) is 62.9 Å². The summed E-state index contributed by atoms with van der Waals surface area (Å²) in [6.45, 7) is 7.48. The highest BCUT2D eigenvalue weighted by molar-refractivity contribution is 6.01. The molecule has 4 nitrogen and oxygen atoms in total. The number of ether oxygens (including phenoxy) is 1. The number of rotatable bonds is 3. The van der Waals surface area contributed by atoms with Crippen LogP contribution in [0.5, 0.6) is 0 Å². The molecule has 0 saturated heterocycles. The number of hydrogen-bond acceptors (Lipinski definition) is 3. The summed E-state index contributed by atoms with van der Waals surface area (Å²) in [6.07, 6.45) is -0.0134. The highest BCUT2D eigenvalue weighted by Crippen LogP contribution is 2.32. The van der Waals surface area contributed by atoms with E-state index in [1.807, 2.05) is 57.2 Å². The molecule has 0 saturated carbocycles. The van der Waals surface area contributed by atoms with Crippen molar-refractivity contribution in [1.82, 2.24) is 0 Å². The molecular weight excluding hydrogens is 314 g/mol. The summed E-state index contributed by atoms with van der Waals surface area (Å²) in [5.41, 5.74) is 4.48. The van der Waals surface area contributed by atoms with Crippen LogP contribution in [-0.2, 0) is 16.0 Å². The third-order valence-electron chi connectivity index (χ3n) is 4.90. The monoisotopic (exact) mass is 337 g/mol. The van der Waals surface area contributed by atoms with Gasteiger partial charge in [0.05, 0.1) is 5.56 Å². The van der Waals surface area contributed by atoms with Gasteiger partial charge in [-0.15, -0.1) is 0 Å². The van der Waals surface area contributed by atoms with Gasteiger partial charge in [0.25, 0.3) is 5.91 Å². The fourth-order valence-electron chi connectivity index (χ4n) is 3.34. The van der Waals surface area contributed by atoms with E-state index in [1.165, 1.54) is 0 Å². The molecule has 0 bridgehead atoms. The van der Waals surface area contributed by atoms with E-state index in [9.17, 15) is 9.59 Å². The quantitative estimate of drug-likeness (QED) is 0.800. The molecular formula is C21H23NO3. The van der Waals surface area contributed by atoms with E-state index >= 15 is 0 Å². The summed E-state index contributed by atoms with van der Waals surface area (Å²) in [5, 5.41) is 0. The number of carbonyl (C=O) groups is 2. The molecule has 0 spiro atoms. The lowest BCUT2D eigenvalue weighted by Crippen LogP contribution is -2.43. The lowest BCUT2D eigenvalue weighted by molar-refractivity contribution is -0.126. The topological polar surface area (TPSA) is 46.6 Å². The Hall–Kier alpha value is -2.62. The number of aryl methyl sites for hydroxylation is 1. The van der Waals surface area contributed by atoms with Crippen LogP contribution in [-0.4, -0.2) is 24.0 Å². The van der Waals surface area contributed by atoms with Crippen molar-refractivity contribution in [3.63, 3.8) is 0 Å². The predicted molar refractivity (Wildman–Crippen MR) is 97.9 cm³/mol. The van der Waals surface area contributed by atoms with Crippen molar-refractivity contribution in [2.45, 2.75) is 46.3 Å². The first kappa shape index (κ1) is 17.2. The first-order chi connectivity index (χ1) is 11.9. The molecule has 1 aliphatic heterocycles. The van der Waals surface area contributed by atoms with Crippen molar-refractivity contribution in [3.8, 4) is 0 Å². The summed E-state index contributed by atoms with van der Waals surface area (Å²) >= 11 is 0. The van der Waals surface area contributed by atoms with Crippen molar-refractivity contribution in [2.75, 3.05) is 4.90 Å². The highest BCUT2D eigenvalue weighted by Gasteiger charge is 2.34. The number of esters is 1. The first-order valence-electron chi connectivity index (χ1n) is 8.58. The van der Waals surface area contributed by atoms with Crippen molar-refractivity contribution >= 4 is 17.6 Å². The Kier molecular flexibility index (Phi) is 4.62. The van der Waals surface area contributed by atoms with Gasteiger partial charge in [-0.3, -0.25) is 4.79 Å². The van der Waals surface area contributed by atoms with E-state index in [2.05, 4.69) is 0 Å². The zero-order valence-electron chi connectivity index (χ0n) is 15.1. The number of amides is 1. The maximum Gasteiger partial charge on any atom is 0.339 e. The van der Waals surface area contributed by atoms with Crippen LogP contribution in [0.4, 0.5) is 5.69 Å². The smallest absolute Gasteiger partial charge is 0.339 e. The van der Waals surface area contributed by atoms with E-state index in [0.29, 0.717) is 5.56 Å². The lowest BCUT2D eigenvalue weighted by Gasteiger charge is -2.26. The van der Waals surface area contributed by atoms with E-state index in [0.717, 1.165) is 28.8 Å². The Morgan fingerprint density at radius 3 is 2.60 bits per heavy atom. The van der Waals surface area contributed by atoms with Crippen molar-refractivity contribution in [1.29, 1.82) is 0 Å². The third-order valence-corrected chi connectivity index (χ3v) is 4.90. The van der Waals surface area contributed by atoms with Crippen LogP contribution in [0.1, 0.15) is 40.9 Å². The molecule has 1 heterocycles. The molecule has 4 heteroatoms. The molecule has 0 aromatic heterocycles. The Balaban J connectivity index is 1.77. The molecule has 25 heavy (non-hydrogen) atoms. The van der Waals surface area contributed by atoms with Gasteiger partial charge in [0.15, 0.2) is 6.10 Å². The molecule has 2 atom stereocenters. The average molecular weight is 337 g/mol. The second-order valence-electron chi connectivity index (χ2n) is 6.69. The van der Waals surface area contributed by atoms with Crippen LogP contribution < -0.4 is 4.90 Å². The standard InChI is InChI=1S/C21H23NO3/c1-13-8-7-10-18(15(13)3)21(24)25-16(4)20(23)22-14(2)12-17-9-5-6-11-19(17)22/h5-11,14,16H,12H2,1-4H3/t14-,16+/m0/s1. The van der Waals surface area contributed by atoms with Gasteiger partial charge in [-0.1, -0.05) is 30.3 Å². The van der Waals surface area contributed by atoms with Crippen LogP contribution in [0.2, 0.25) is 0 Å². The van der Waals surface area contributed by atoms with Gasteiger partial charge in [0.2, 0.25) is 0 Å². The average Bonchev–Trinajstić information content (AvgIpc) is 2.92. The number of anilines is 1. The van der Waals surface area contributed by atoms with Crippen LogP contribution in [0.25, 0.3) is 0 Å².